The lowest BCUT2D eigenvalue weighted by atomic mass is 9.98. The number of hydrogen-bond acceptors (Lipinski definition) is 5. The van der Waals surface area contributed by atoms with E-state index in [9.17, 15) is 14.7 Å². The van der Waals surface area contributed by atoms with Gasteiger partial charge in [0.05, 0.1) is 12.7 Å². The van der Waals surface area contributed by atoms with E-state index in [0.717, 1.165) is 5.39 Å². The van der Waals surface area contributed by atoms with Gasteiger partial charge < -0.3 is 20.5 Å². The first-order valence-corrected chi connectivity index (χ1v) is 7.93. The van der Waals surface area contributed by atoms with Crippen LogP contribution in [0.2, 0.25) is 0 Å². The fourth-order valence-corrected chi connectivity index (χ4v) is 3.07. The summed E-state index contributed by atoms with van der Waals surface area (Å²) in [5.41, 5.74) is 0.238. The molecule has 1 amide bonds. The number of hydrogen-bond donors (Lipinski definition) is 3. The normalized spacial score (nSPS) is 20.5. The molecule has 2 aromatic rings. The van der Waals surface area contributed by atoms with Crippen LogP contribution in [0.15, 0.2) is 36.4 Å². The van der Waals surface area contributed by atoms with Gasteiger partial charge >= 0.3 is 5.97 Å². The number of carbonyl (C=O) groups is 2. The number of esters is 1. The Kier molecular flexibility index (Phi) is 4.66. The summed E-state index contributed by atoms with van der Waals surface area (Å²) in [4.78, 5) is 24.1. The number of rotatable bonds is 3. The molecule has 6 heteroatoms. The molecule has 126 valence electrons. The Labute approximate surface area is 139 Å². The Morgan fingerprint density at radius 1 is 1.25 bits per heavy atom. The zero-order valence-corrected chi connectivity index (χ0v) is 13.4. The van der Waals surface area contributed by atoms with Crippen LogP contribution in [0.5, 0.6) is 5.75 Å². The fourth-order valence-electron chi connectivity index (χ4n) is 3.07. The number of phenols is 1. The monoisotopic (exact) mass is 328 g/mol. The number of methoxy groups -OCH3 is 1. The van der Waals surface area contributed by atoms with E-state index in [0.29, 0.717) is 24.8 Å². The van der Waals surface area contributed by atoms with Gasteiger partial charge in [-0.2, -0.15) is 0 Å². The number of fused-ring (bicyclic) bond motifs is 1. The van der Waals surface area contributed by atoms with E-state index in [-0.39, 0.29) is 29.2 Å². The Morgan fingerprint density at radius 3 is 2.83 bits per heavy atom. The summed E-state index contributed by atoms with van der Waals surface area (Å²) in [7, 11) is 1.35. The quantitative estimate of drug-likeness (QED) is 0.745. The van der Waals surface area contributed by atoms with Gasteiger partial charge in [-0.15, -0.1) is 0 Å². The second-order valence-corrected chi connectivity index (χ2v) is 5.91. The smallest absolute Gasteiger partial charge is 0.322 e. The number of ether oxygens (including phenoxy) is 1. The Bertz CT molecular complexity index is 775. The maximum atomic E-state index is 12.5. The number of aromatic hydroxyl groups is 1. The summed E-state index contributed by atoms with van der Waals surface area (Å²) in [5, 5.41) is 17.9. The standard InChI is InChI=1S/C18H20N2O4/c1-24-18(23)15-10-12(8-9-19-15)20-17(22)14-7-6-11-4-2-3-5-13(11)16(14)21/h2-7,12,15,19,21H,8-10H2,1H3,(H,20,22). The van der Waals surface area contributed by atoms with Crippen LogP contribution >= 0.6 is 0 Å². The summed E-state index contributed by atoms with van der Waals surface area (Å²) in [6, 6.07) is 10.2. The molecule has 0 aromatic heterocycles. The van der Waals surface area contributed by atoms with Crippen molar-refractivity contribution in [3.8, 4) is 5.75 Å². The SMILES string of the molecule is COC(=O)C1CC(NC(=O)c2ccc3ccccc3c2O)CCN1. The van der Waals surface area contributed by atoms with Crippen molar-refractivity contribution in [1.82, 2.24) is 10.6 Å². The molecule has 0 radical (unpaired) electrons. The van der Waals surface area contributed by atoms with Crippen LogP contribution in [0.4, 0.5) is 0 Å². The van der Waals surface area contributed by atoms with Gasteiger partial charge in [0.1, 0.15) is 11.8 Å². The van der Waals surface area contributed by atoms with Crippen molar-refractivity contribution in [1.29, 1.82) is 0 Å². The van der Waals surface area contributed by atoms with E-state index >= 15 is 0 Å². The van der Waals surface area contributed by atoms with Crippen molar-refractivity contribution in [2.24, 2.45) is 0 Å². The third-order valence-corrected chi connectivity index (χ3v) is 4.37. The Morgan fingerprint density at radius 2 is 2.04 bits per heavy atom. The highest BCUT2D eigenvalue weighted by Gasteiger charge is 2.29. The second kappa shape index (κ2) is 6.88. The lowest BCUT2D eigenvalue weighted by Gasteiger charge is -2.29. The fraction of sp³-hybridized carbons (Fsp3) is 0.333. The average Bonchev–Trinajstić information content (AvgIpc) is 2.61. The molecule has 2 aromatic carbocycles. The second-order valence-electron chi connectivity index (χ2n) is 5.91. The van der Waals surface area contributed by atoms with E-state index < -0.39 is 6.04 Å². The molecular weight excluding hydrogens is 308 g/mol. The van der Waals surface area contributed by atoms with E-state index in [4.69, 9.17) is 4.74 Å². The van der Waals surface area contributed by atoms with Crippen LogP contribution in [0.3, 0.4) is 0 Å². The van der Waals surface area contributed by atoms with Crippen LogP contribution in [0.1, 0.15) is 23.2 Å². The lowest BCUT2D eigenvalue weighted by Crippen LogP contribution is -2.51. The molecule has 2 unspecified atom stereocenters. The van der Waals surface area contributed by atoms with Gasteiger partial charge in [-0.3, -0.25) is 9.59 Å². The summed E-state index contributed by atoms with van der Waals surface area (Å²) >= 11 is 0. The zero-order valence-electron chi connectivity index (χ0n) is 13.4. The predicted molar refractivity (Wildman–Crippen MR) is 89.9 cm³/mol. The van der Waals surface area contributed by atoms with E-state index in [1.54, 1.807) is 12.1 Å². The molecule has 1 aliphatic rings. The molecule has 6 nitrogen and oxygen atoms in total. The van der Waals surface area contributed by atoms with Gasteiger partial charge in [-0.25, -0.2) is 0 Å². The van der Waals surface area contributed by atoms with Crippen LogP contribution in [0, 0.1) is 0 Å². The summed E-state index contributed by atoms with van der Waals surface area (Å²) < 4.78 is 4.74. The van der Waals surface area contributed by atoms with Gasteiger partial charge in [0, 0.05) is 11.4 Å². The van der Waals surface area contributed by atoms with E-state index in [2.05, 4.69) is 10.6 Å². The molecule has 1 saturated heterocycles. The van der Waals surface area contributed by atoms with Crippen LogP contribution in [-0.4, -0.2) is 42.7 Å². The van der Waals surface area contributed by atoms with Crippen molar-refractivity contribution in [3.63, 3.8) is 0 Å². The largest absolute Gasteiger partial charge is 0.506 e. The Hall–Kier alpha value is -2.60. The molecule has 0 bridgehead atoms. The number of phenolic OH excluding ortho intramolecular Hbond substituents is 1. The maximum Gasteiger partial charge on any atom is 0.322 e. The molecule has 0 aliphatic carbocycles. The highest BCUT2D eigenvalue weighted by molar-refractivity contribution is 6.03. The van der Waals surface area contributed by atoms with Gasteiger partial charge in [-0.1, -0.05) is 30.3 Å². The molecule has 1 heterocycles. The number of amides is 1. The first-order chi connectivity index (χ1) is 11.6. The van der Waals surface area contributed by atoms with Crippen molar-refractivity contribution < 1.29 is 19.4 Å². The first-order valence-electron chi connectivity index (χ1n) is 7.93. The molecule has 24 heavy (non-hydrogen) atoms. The molecule has 0 saturated carbocycles. The van der Waals surface area contributed by atoms with Gasteiger partial charge in [0.15, 0.2) is 0 Å². The zero-order chi connectivity index (χ0) is 17.1. The summed E-state index contributed by atoms with van der Waals surface area (Å²) in [5.74, 6) is -0.694. The van der Waals surface area contributed by atoms with Gasteiger partial charge in [0.2, 0.25) is 0 Å². The molecule has 0 spiro atoms. The molecule has 3 rings (SSSR count). The number of piperidine rings is 1. The molecule has 2 atom stereocenters. The summed E-state index contributed by atoms with van der Waals surface area (Å²) in [6.45, 7) is 0.619. The van der Waals surface area contributed by atoms with E-state index in [1.807, 2.05) is 24.3 Å². The predicted octanol–water partition coefficient (Wildman–Crippen LogP) is 1.57. The van der Waals surface area contributed by atoms with Crippen molar-refractivity contribution in [2.75, 3.05) is 13.7 Å². The number of benzene rings is 2. The van der Waals surface area contributed by atoms with Crippen LogP contribution in [0.25, 0.3) is 10.8 Å². The molecule has 1 aliphatic heterocycles. The number of nitrogens with one attached hydrogen (secondary N) is 2. The third kappa shape index (κ3) is 3.19. The maximum absolute atomic E-state index is 12.5. The minimum absolute atomic E-state index is 0.0240. The molecule has 3 N–H and O–H groups in total. The highest BCUT2D eigenvalue weighted by atomic mass is 16.5. The topological polar surface area (TPSA) is 87.7 Å². The van der Waals surface area contributed by atoms with Crippen molar-refractivity contribution in [3.05, 3.63) is 42.0 Å². The van der Waals surface area contributed by atoms with Gasteiger partial charge in [-0.05, 0) is 30.8 Å². The van der Waals surface area contributed by atoms with Crippen molar-refractivity contribution in [2.45, 2.75) is 24.9 Å². The molecule has 1 fully saturated rings. The van der Waals surface area contributed by atoms with Crippen LogP contribution < -0.4 is 10.6 Å². The van der Waals surface area contributed by atoms with Gasteiger partial charge in [0.25, 0.3) is 5.91 Å². The summed E-state index contributed by atoms with van der Waals surface area (Å²) in [6.07, 6.45) is 1.18. The van der Waals surface area contributed by atoms with Crippen molar-refractivity contribution >= 4 is 22.6 Å². The lowest BCUT2D eigenvalue weighted by molar-refractivity contribution is -0.143. The minimum atomic E-state index is -0.417. The van der Waals surface area contributed by atoms with E-state index in [1.165, 1.54) is 7.11 Å². The Balaban J connectivity index is 1.75. The number of carbonyl (C=O) groups excluding carboxylic acids is 2. The average molecular weight is 328 g/mol. The highest BCUT2D eigenvalue weighted by Crippen LogP contribution is 2.28. The third-order valence-electron chi connectivity index (χ3n) is 4.37. The molecular formula is C18H20N2O4. The minimum Gasteiger partial charge on any atom is -0.506 e. The first kappa shape index (κ1) is 16.3. The van der Waals surface area contributed by atoms with Crippen LogP contribution in [-0.2, 0) is 9.53 Å².